The predicted molar refractivity (Wildman–Crippen MR) is 120 cm³/mol. The summed E-state index contributed by atoms with van der Waals surface area (Å²) in [5.41, 5.74) is -0.953. The van der Waals surface area contributed by atoms with Crippen molar-refractivity contribution in [3.05, 3.63) is 58.1 Å². The molecule has 172 valence electrons. The van der Waals surface area contributed by atoms with Crippen LogP contribution in [0, 0.1) is 11.8 Å². The zero-order chi connectivity index (χ0) is 24.1. The second-order valence-corrected chi connectivity index (χ2v) is 8.98. The number of rotatable bonds is 6. The lowest BCUT2D eigenvalue weighted by Gasteiger charge is -2.29. The number of benzene rings is 2. The van der Waals surface area contributed by atoms with Crippen LogP contribution in [0.2, 0.25) is 0 Å². The number of hydrogen-bond acceptors (Lipinski definition) is 7. The molecular weight excluding hydrogens is 496 g/mol. The number of nitrogens with zero attached hydrogens (tertiary/aromatic N) is 1. The molecule has 2 heterocycles. The predicted octanol–water partition coefficient (Wildman–Crippen LogP) is 1.93. The van der Waals surface area contributed by atoms with E-state index < -0.39 is 47.8 Å². The van der Waals surface area contributed by atoms with E-state index >= 15 is 0 Å². The van der Waals surface area contributed by atoms with E-state index in [2.05, 4.69) is 21.2 Å². The molecule has 0 aliphatic carbocycles. The van der Waals surface area contributed by atoms with Crippen LogP contribution in [0.3, 0.4) is 0 Å². The number of aliphatic carboxylic acids is 1. The molecule has 0 radical (unpaired) electrons. The fourth-order valence-corrected chi connectivity index (χ4v) is 5.11. The summed E-state index contributed by atoms with van der Waals surface area (Å²) in [5, 5.41) is 23.0. The first kappa shape index (κ1) is 23.1. The molecule has 0 bridgehead atoms. The Kier molecular flexibility index (Phi) is 5.85. The Morgan fingerprint density at radius 1 is 1.15 bits per heavy atom. The molecule has 4 atom stereocenters. The van der Waals surface area contributed by atoms with Crippen molar-refractivity contribution in [3.8, 4) is 5.75 Å². The molecule has 2 fully saturated rings. The van der Waals surface area contributed by atoms with Crippen LogP contribution in [-0.2, 0) is 14.4 Å². The number of halogens is 1. The van der Waals surface area contributed by atoms with Gasteiger partial charge in [0.1, 0.15) is 5.75 Å². The molecule has 2 aromatic carbocycles. The van der Waals surface area contributed by atoms with Gasteiger partial charge in [-0.05, 0) is 49.4 Å². The third kappa shape index (κ3) is 3.45. The second kappa shape index (κ2) is 8.36. The first-order valence-electron chi connectivity index (χ1n) is 10.1. The molecule has 3 N–H and O–H groups in total. The van der Waals surface area contributed by atoms with E-state index in [0.29, 0.717) is 21.3 Å². The number of carboxylic acids is 1. The van der Waals surface area contributed by atoms with Gasteiger partial charge in [0.05, 0.1) is 31.2 Å². The van der Waals surface area contributed by atoms with Gasteiger partial charge in [0.2, 0.25) is 11.8 Å². The second-order valence-electron chi connectivity index (χ2n) is 8.06. The van der Waals surface area contributed by atoms with Gasteiger partial charge in [0.25, 0.3) is 0 Å². The summed E-state index contributed by atoms with van der Waals surface area (Å²) in [6.07, 6.45) is 0. The molecule has 0 spiro atoms. The maximum absolute atomic E-state index is 13.6. The van der Waals surface area contributed by atoms with Crippen LogP contribution in [0.25, 0.3) is 0 Å². The summed E-state index contributed by atoms with van der Waals surface area (Å²) in [6, 6.07) is 10.1. The van der Waals surface area contributed by atoms with Gasteiger partial charge < -0.3 is 14.9 Å². The SMILES string of the molecule is COc1ccc(Br)cc1C1NC(CO)(C(=O)O)C2C(=O)N(c3ccc(C(C)=O)cc3)C(=O)C12. The van der Waals surface area contributed by atoms with Crippen molar-refractivity contribution in [2.24, 2.45) is 11.8 Å². The Hall–Kier alpha value is -3.08. The topological polar surface area (TPSA) is 133 Å². The van der Waals surface area contributed by atoms with Crippen molar-refractivity contribution in [1.82, 2.24) is 5.32 Å². The fraction of sp³-hybridized carbons (Fsp3) is 0.304. The van der Waals surface area contributed by atoms with Crippen molar-refractivity contribution >= 4 is 45.2 Å². The third-order valence-electron chi connectivity index (χ3n) is 6.34. The average molecular weight is 517 g/mol. The van der Waals surface area contributed by atoms with Gasteiger partial charge in [0.15, 0.2) is 11.3 Å². The highest BCUT2D eigenvalue weighted by Crippen LogP contribution is 2.51. The van der Waals surface area contributed by atoms with Gasteiger partial charge in [-0.2, -0.15) is 0 Å². The Morgan fingerprint density at radius 2 is 1.82 bits per heavy atom. The molecule has 2 aromatic rings. The Morgan fingerprint density at radius 3 is 2.36 bits per heavy atom. The molecule has 0 aromatic heterocycles. The number of carbonyl (C=O) groups excluding carboxylic acids is 3. The number of ketones is 1. The summed E-state index contributed by atoms with van der Waals surface area (Å²) in [4.78, 5) is 51.9. The van der Waals surface area contributed by atoms with Crippen molar-refractivity contribution in [2.75, 3.05) is 18.6 Å². The Labute approximate surface area is 197 Å². The Balaban J connectivity index is 1.85. The van der Waals surface area contributed by atoms with Gasteiger partial charge in [-0.25, -0.2) is 4.90 Å². The minimum atomic E-state index is -2.07. The standard InChI is InChI=1S/C23H21BrN2O7/c1-11(28)12-3-6-14(7-4-12)26-20(29)17-18(21(26)30)23(10-27,22(31)32)25-19(17)15-9-13(24)5-8-16(15)33-2/h3-9,17-19,25,27H,10H2,1-2H3,(H,31,32). The van der Waals surface area contributed by atoms with Crippen molar-refractivity contribution in [1.29, 1.82) is 0 Å². The quantitative estimate of drug-likeness (QED) is 0.391. The average Bonchev–Trinajstić information content (AvgIpc) is 3.28. The monoisotopic (exact) mass is 516 g/mol. The molecule has 2 saturated heterocycles. The van der Waals surface area contributed by atoms with Gasteiger partial charge in [-0.15, -0.1) is 0 Å². The van der Waals surface area contributed by atoms with E-state index in [9.17, 15) is 29.4 Å². The molecule has 2 amide bonds. The van der Waals surface area contributed by atoms with Gasteiger partial charge in [-0.1, -0.05) is 15.9 Å². The fourth-order valence-electron chi connectivity index (χ4n) is 4.73. The lowest BCUT2D eigenvalue weighted by molar-refractivity contribution is -0.150. The molecule has 2 aliphatic rings. The molecule has 0 saturated carbocycles. The zero-order valence-electron chi connectivity index (χ0n) is 17.7. The number of carboxylic acid groups (broad SMARTS) is 1. The van der Waals surface area contributed by atoms with Crippen LogP contribution >= 0.6 is 15.9 Å². The summed E-state index contributed by atoms with van der Waals surface area (Å²) in [5.74, 6) is -5.00. The molecule has 9 nitrogen and oxygen atoms in total. The summed E-state index contributed by atoms with van der Waals surface area (Å²) >= 11 is 3.37. The van der Waals surface area contributed by atoms with Gasteiger partial charge >= 0.3 is 5.97 Å². The molecular formula is C23H21BrN2O7. The molecule has 4 rings (SSSR count). The number of Topliss-reactive ketones (excluding diaryl/α,β-unsaturated/α-hetero) is 1. The maximum Gasteiger partial charge on any atom is 0.327 e. The molecule has 4 unspecified atom stereocenters. The van der Waals surface area contributed by atoms with Crippen LogP contribution in [0.15, 0.2) is 46.9 Å². The van der Waals surface area contributed by atoms with E-state index in [0.717, 1.165) is 4.90 Å². The highest BCUT2D eigenvalue weighted by Gasteiger charge is 2.69. The summed E-state index contributed by atoms with van der Waals surface area (Å²) in [6.45, 7) is 0.502. The number of imide groups is 1. The number of fused-ring (bicyclic) bond motifs is 1. The third-order valence-corrected chi connectivity index (χ3v) is 6.84. The van der Waals surface area contributed by atoms with Gasteiger partial charge in [-0.3, -0.25) is 24.5 Å². The number of aliphatic hydroxyl groups is 1. The first-order chi connectivity index (χ1) is 15.7. The number of hydrogen-bond donors (Lipinski definition) is 3. The van der Waals surface area contributed by atoms with Crippen molar-refractivity contribution < 1.29 is 34.1 Å². The smallest absolute Gasteiger partial charge is 0.327 e. The van der Waals surface area contributed by atoms with Gasteiger partial charge in [0, 0.05) is 21.6 Å². The zero-order valence-corrected chi connectivity index (χ0v) is 19.3. The maximum atomic E-state index is 13.6. The largest absolute Gasteiger partial charge is 0.496 e. The van der Waals surface area contributed by atoms with E-state index in [4.69, 9.17) is 4.74 Å². The molecule has 10 heteroatoms. The van der Waals surface area contributed by atoms with Crippen LogP contribution in [0.1, 0.15) is 28.9 Å². The van der Waals surface area contributed by atoms with E-state index in [1.807, 2.05) is 0 Å². The number of carbonyl (C=O) groups is 4. The summed E-state index contributed by atoms with van der Waals surface area (Å²) in [7, 11) is 1.44. The summed E-state index contributed by atoms with van der Waals surface area (Å²) < 4.78 is 6.09. The van der Waals surface area contributed by atoms with Crippen molar-refractivity contribution in [3.63, 3.8) is 0 Å². The van der Waals surface area contributed by atoms with Crippen molar-refractivity contribution in [2.45, 2.75) is 18.5 Å². The minimum absolute atomic E-state index is 0.173. The number of amides is 2. The first-order valence-corrected chi connectivity index (χ1v) is 10.9. The van der Waals surface area contributed by atoms with E-state index in [1.54, 1.807) is 18.2 Å². The number of ether oxygens (including phenoxy) is 1. The van der Waals surface area contributed by atoms with E-state index in [1.165, 1.54) is 38.3 Å². The Bertz CT molecular complexity index is 1170. The highest BCUT2D eigenvalue weighted by atomic mass is 79.9. The van der Waals surface area contributed by atoms with Crippen LogP contribution in [-0.4, -0.2) is 53.0 Å². The highest BCUT2D eigenvalue weighted by molar-refractivity contribution is 9.10. The lowest BCUT2D eigenvalue weighted by atomic mass is 9.79. The number of aliphatic hydroxyl groups excluding tert-OH is 1. The number of anilines is 1. The molecule has 33 heavy (non-hydrogen) atoms. The van der Waals surface area contributed by atoms with Crippen LogP contribution in [0.5, 0.6) is 5.75 Å². The normalized spacial score (nSPS) is 26.4. The van der Waals surface area contributed by atoms with Crippen LogP contribution in [0.4, 0.5) is 5.69 Å². The lowest BCUT2D eigenvalue weighted by Crippen LogP contribution is -2.58. The molecule has 2 aliphatic heterocycles. The van der Waals surface area contributed by atoms with E-state index in [-0.39, 0.29) is 11.5 Å². The number of methoxy groups -OCH3 is 1. The minimum Gasteiger partial charge on any atom is -0.496 e. The van der Waals surface area contributed by atoms with Crippen LogP contribution < -0.4 is 15.0 Å². The number of nitrogens with one attached hydrogen (secondary N) is 1.